The van der Waals surface area contributed by atoms with Crippen LogP contribution in [0, 0.1) is 0 Å². The number of esters is 2. The lowest BCUT2D eigenvalue weighted by Gasteiger charge is -2.40. The summed E-state index contributed by atoms with van der Waals surface area (Å²) < 4.78 is 31.9. The lowest BCUT2D eigenvalue weighted by molar-refractivity contribution is -0.301. The first-order chi connectivity index (χ1) is 18.6. The molecule has 228 valence electrons. The minimum Gasteiger partial charge on any atom is -0.463 e. The third kappa shape index (κ3) is 10.5. The van der Waals surface area contributed by atoms with Crippen molar-refractivity contribution in [3.63, 3.8) is 0 Å². The van der Waals surface area contributed by atoms with E-state index in [2.05, 4.69) is 0 Å². The van der Waals surface area contributed by atoms with E-state index in [9.17, 15) is 40.2 Å². The predicted octanol–water partition coefficient (Wildman–Crippen LogP) is -1.51. The molecule has 2 fully saturated rings. The van der Waals surface area contributed by atoms with Crippen LogP contribution >= 0.6 is 0 Å². The van der Waals surface area contributed by atoms with Gasteiger partial charge in [0.25, 0.3) is 0 Å². The summed E-state index contributed by atoms with van der Waals surface area (Å²) >= 11 is 0. The molecule has 2 saturated heterocycles. The zero-order valence-corrected chi connectivity index (χ0v) is 22.5. The largest absolute Gasteiger partial charge is 0.463 e. The first-order valence-corrected chi connectivity index (χ1v) is 13.5. The van der Waals surface area contributed by atoms with Crippen LogP contribution in [0.2, 0.25) is 0 Å². The van der Waals surface area contributed by atoms with Gasteiger partial charge in [-0.25, -0.2) is 0 Å². The van der Waals surface area contributed by atoms with Crippen LogP contribution in [0.3, 0.4) is 0 Å². The van der Waals surface area contributed by atoms with E-state index in [0.717, 1.165) is 12.8 Å². The Hall–Kier alpha value is -1.46. The second-order valence-electron chi connectivity index (χ2n) is 9.70. The van der Waals surface area contributed by atoms with E-state index in [1.807, 2.05) is 13.8 Å². The van der Waals surface area contributed by atoms with Crippen molar-refractivity contribution in [3.8, 4) is 0 Å². The van der Waals surface area contributed by atoms with Crippen LogP contribution in [0.25, 0.3) is 0 Å². The molecule has 0 amide bonds. The Bertz CT molecular complexity index is 665. The van der Waals surface area contributed by atoms with Crippen molar-refractivity contribution >= 4 is 11.9 Å². The summed E-state index contributed by atoms with van der Waals surface area (Å²) in [6, 6.07) is 0. The monoisotopic (exact) mass is 568 g/mol. The summed E-state index contributed by atoms with van der Waals surface area (Å²) in [5.74, 6) is -1.37. The van der Waals surface area contributed by atoms with Crippen molar-refractivity contribution in [1.82, 2.24) is 0 Å². The van der Waals surface area contributed by atoms with E-state index < -0.39 is 86.6 Å². The molecule has 6 N–H and O–H groups in total. The summed E-state index contributed by atoms with van der Waals surface area (Å²) in [5, 5.41) is 60.4. The average molecular weight is 569 g/mol. The molecule has 2 rings (SSSR count). The topological polar surface area (TPSA) is 211 Å². The molecule has 2 heterocycles. The Balaban J connectivity index is 1.69. The number of aliphatic hydroxyl groups excluding tert-OH is 6. The van der Waals surface area contributed by atoms with E-state index in [1.165, 1.54) is 0 Å². The highest BCUT2D eigenvalue weighted by molar-refractivity contribution is 5.72. The molecule has 14 heteroatoms. The number of hydrogen-bond acceptors (Lipinski definition) is 14. The van der Waals surface area contributed by atoms with Crippen molar-refractivity contribution in [3.05, 3.63) is 0 Å². The van der Waals surface area contributed by atoms with Gasteiger partial charge in [0.05, 0.1) is 0 Å². The van der Waals surface area contributed by atoms with Crippen molar-refractivity contribution < 1.29 is 68.6 Å². The van der Waals surface area contributed by atoms with Gasteiger partial charge >= 0.3 is 11.9 Å². The highest BCUT2D eigenvalue weighted by atomic mass is 16.7. The van der Waals surface area contributed by atoms with Crippen molar-refractivity contribution in [2.45, 2.75) is 120 Å². The van der Waals surface area contributed by atoms with E-state index >= 15 is 0 Å². The van der Waals surface area contributed by atoms with Gasteiger partial charge in [-0.2, -0.15) is 0 Å². The van der Waals surface area contributed by atoms with E-state index in [4.69, 9.17) is 28.4 Å². The molecule has 0 unspecified atom stereocenters. The SMILES string of the molecule is CCCCO[C@H]1O[C@H](COC(=O)CCCC(=O)OC[C@H]2O[C@H](OCCCC)[C@H](O)[C@@H](O)[C@@H]2O)[C@@H](O)[C@H](O)[C@H]1O. The number of aliphatic hydroxyl groups is 6. The van der Waals surface area contributed by atoms with Crippen LogP contribution in [0.4, 0.5) is 0 Å². The summed E-state index contributed by atoms with van der Waals surface area (Å²) in [4.78, 5) is 24.2. The highest BCUT2D eigenvalue weighted by Gasteiger charge is 2.45. The molecular formula is C25H44O14. The van der Waals surface area contributed by atoms with Crippen LogP contribution in [0.5, 0.6) is 0 Å². The first-order valence-electron chi connectivity index (χ1n) is 13.5. The van der Waals surface area contributed by atoms with Gasteiger partial charge in [-0.05, 0) is 19.3 Å². The molecule has 2 aliphatic heterocycles. The van der Waals surface area contributed by atoms with Crippen LogP contribution in [-0.4, -0.2) is 130 Å². The van der Waals surface area contributed by atoms with Gasteiger partial charge in [0.2, 0.25) is 0 Å². The Labute approximate surface area is 227 Å². The van der Waals surface area contributed by atoms with E-state index in [-0.39, 0.29) is 32.5 Å². The molecule has 0 aromatic rings. The smallest absolute Gasteiger partial charge is 0.305 e. The lowest BCUT2D eigenvalue weighted by Crippen LogP contribution is -2.59. The van der Waals surface area contributed by atoms with Crippen molar-refractivity contribution in [2.24, 2.45) is 0 Å². The maximum atomic E-state index is 12.1. The quantitative estimate of drug-likeness (QED) is 0.0924. The first kappa shape index (κ1) is 33.7. The summed E-state index contributed by atoms with van der Waals surface area (Å²) in [5.41, 5.74) is 0. The second kappa shape index (κ2) is 17.4. The predicted molar refractivity (Wildman–Crippen MR) is 131 cm³/mol. The Morgan fingerprint density at radius 3 is 1.33 bits per heavy atom. The molecule has 0 aromatic carbocycles. The Morgan fingerprint density at radius 1 is 0.590 bits per heavy atom. The molecular weight excluding hydrogens is 524 g/mol. The lowest BCUT2D eigenvalue weighted by atomic mass is 9.99. The Kier molecular flexibility index (Phi) is 15.0. The molecule has 0 bridgehead atoms. The van der Waals surface area contributed by atoms with Gasteiger partial charge in [-0.1, -0.05) is 26.7 Å². The van der Waals surface area contributed by atoms with Crippen LogP contribution in [-0.2, 0) is 38.0 Å². The molecule has 2 aliphatic rings. The number of ether oxygens (including phenoxy) is 6. The molecule has 0 radical (unpaired) electrons. The maximum Gasteiger partial charge on any atom is 0.305 e. The molecule has 39 heavy (non-hydrogen) atoms. The molecule has 10 atom stereocenters. The third-order valence-electron chi connectivity index (χ3n) is 6.48. The number of unbranched alkanes of at least 4 members (excludes halogenated alkanes) is 2. The summed E-state index contributed by atoms with van der Waals surface area (Å²) in [6.07, 6.45) is -10.7. The van der Waals surface area contributed by atoms with Crippen molar-refractivity contribution in [2.75, 3.05) is 26.4 Å². The van der Waals surface area contributed by atoms with Crippen molar-refractivity contribution in [1.29, 1.82) is 0 Å². The molecule has 0 aromatic heterocycles. The zero-order valence-electron chi connectivity index (χ0n) is 22.5. The second-order valence-corrected chi connectivity index (χ2v) is 9.70. The fraction of sp³-hybridized carbons (Fsp3) is 0.920. The number of carbonyl (C=O) groups is 2. The van der Waals surface area contributed by atoms with Crippen LogP contribution < -0.4 is 0 Å². The number of hydrogen-bond donors (Lipinski definition) is 6. The van der Waals surface area contributed by atoms with Gasteiger partial charge in [0.15, 0.2) is 12.6 Å². The third-order valence-corrected chi connectivity index (χ3v) is 6.48. The number of rotatable bonds is 16. The highest BCUT2D eigenvalue weighted by Crippen LogP contribution is 2.24. The summed E-state index contributed by atoms with van der Waals surface area (Å²) in [6.45, 7) is 3.68. The normalized spacial score (nSPS) is 35.0. The molecule has 14 nitrogen and oxygen atoms in total. The van der Waals surface area contributed by atoms with Gasteiger partial charge in [-0.15, -0.1) is 0 Å². The molecule has 0 aliphatic carbocycles. The minimum absolute atomic E-state index is 0.0774. The van der Waals surface area contributed by atoms with E-state index in [0.29, 0.717) is 12.8 Å². The van der Waals surface area contributed by atoms with Crippen LogP contribution in [0.1, 0.15) is 58.8 Å². The summed E-state index contributed by atoms with van der Waals surface area (Å²) in [7, 11) is 0. The maximum absolute atomic E-state index is 12.1. The molecule has 0 spiro atoms. The Morgan fingerprint density at radius 2 is 0.974 bits per heavy atom. The van der Waals surface area contributed by atoms with Gasteiger partial charge in [0.1, 0.15) is 62.0 Å². The standard InChI is InChI=1S/C25H44O14/c1-3-5-10-34-24-22(32)20(30)18(28)14(38-24)12-36-16(26)8-7-9-17(27)37-13-15-19(29)21(31)23(33)25(39-15)35-11-6-4-2/h14-15,18-25,28-33H,3-13H2,1-2H3/t14-,15-,18-,19-,20+,21+,22-,23-,24+,25+/m1/s1. The van der Waals surface area contributed by atoms with Gasteiger partial charge < -0.3 is 59.1 Å². The molecule has 0 saturated carbocycles. The average Bonchev–Trinajstić information content (AvgIpc) is 2.92. The zero-order chi connectivity index (χ0) is 28.9. The van der Waals surface area contributed by atoms with Gasteiger partial charge in [0, 0.05) is 26.1 Å². The fourth-order valence-electron chi connectivity index (χ4n) is 3.94. The fourth-order valence-corrected chi connectivity index (χ4v) is 3.94. The minimum atomic E-state index is -1.54. The van der Waals surface area contributed by atoms with Crippen LogP contribution in [0.15, 0.2) is 0 Å². The van der Waals surface area contributed by atoms with Gasteiger partial charge in [-0.3, -0.25) is 9.59 Å². The van der Waals surface area contributed by atoms with E-state index in [1.54, 1.807) is 0 Å². The number of carbonyl (C=O) groups excluding carboxylic acids is 2.